The van der Waals surface area contributed by atoms with Gasteiger partial charge in [0, 0.05) is 24.0 Å². The van der Waals surface area contributed by atoms with Gasteiger partial charge in [-0.1, -0.05) is 12.1 Å². The Morgan fingerprint density at radius 1 is 1.12 bits per heavy atom. The molecule has 8 nitrogen and oxygen atoms in total. The van der Waals surface area contributed by atoms with Crippen molar-refractivity contribution in [3.8, 4) is 23.4 Å². The second kappa shape index (κ2) is 8.51. The standard InChI is InChI=1S/C22H17F3N6O2S/c1-13-4-6-16-17(11-26)20(31(19(16)10-13)21-27-8-3-9-28-21)18-7-5-15(12-29-18)34(32,33)30-14(2)22(23,24)25/h3-10,12,14,30H,1-2H3/t14-/m0/s1. The van der Waals surface area contributed by atoms with Gasteiger partial charge in [-0.2, -0.15) is 23.2 Å². The number of nitrogens with zero attached hydrogens (tertiary/aromatic N) is 5. The molecule has 0 saturated heterocycles. The molecule has 3 heterocycles. The van der Waals surface area contributed by atoms with E-state index < -0.39 is 27.1 Å². The topological polar surface area (TPSA) is 114 Å². The highest BCUT2D eigenvalue weighted by Crippen LogP contribution is 2.35. The largest absolute Gasteiger partial charge is 0.404 e. The van der Waals surface area contributed by atoms with Crippen LogP contribution >= 0.6 is 0 Å². The number of alkyl halides is 3. The molecule has 4 aromatic rings. The maximum absolute atomic E-state index is 12.8. The molecular weight excluding hydrogens is 469 g/mol. The van der Waals surface area contributed by atoms with Crippen molar-refractivity contribution in [3.63, 3.8) is 0 Å². The number of aryl methyl sites for hydroxylation is 1. The number of benzene rings is 1. The highest BCUT2D eigenvalue weighted by atomic mass is 32.2. The monoisotopic (exact) mass is 486 g/mol. The van der Waals surface area contributed by atoms with Gasteiger partial charge < -0.3 is 0 Å². The van der Waals surface area contributed by atoms with Crippen molar-refractivity contribution in [3.05, 3.63) is 66.1 Å². The van der Waals surface area contributed by atoms with Crippen LogP contribution in [0.5, 0.6) is 0 Å². The van der Waals surface area contributed by atoms with Crippen LogP contribution in [0.3, 0.4) is 0 Å². The molecular formula is C22H17F3N6O2S. The SMILES string of the molecule is Cc1ccc2c(C#N)c(-c3ccc(S(=O)(=O)N[C@@H](C)C(F)(F)F)cn3)n(-c3ncccn3)c2c1. The van der Waals surface area contributed by atoms with Crippen LogP contribution in [0.25, 0.3) is 28.2 Å². The molecule has 3 aromatic heterocycles. The second-order valence-corrected chi connectivity index (χ2v) is 9.22. The van der Waals surface area contributed by atoms with Crippen molar-refractivity contribution in [2.45, 2.75) is 31.0 Å². The van der Waals surface area contributed by atoms with Crippen molar-refractivity contribution in [2.24, 2.45) is 0 Å². The lowest BCUT2D eigenvalue weighted by Gasteiger charge is -2.17. The smallest absolute Gasteiger partial charge is 0.275 e. The summed E-state index contributed by atoms with van der Waals surface area (Å²) in [5.41, 5.74) is 2.40. The summed E-state index contributed by atoms with van der Waals surface area (Å²) >= 11 is 0. The van der Waals surface area contributed by atoms with E-state index in [1.54, 1.807) is 21.4 Å². The van der Waals surface area contributed by atoms with Gasteiger partial charge in [0.15, 0.2) is 0 Å². The molecule has 0 unspecified atom stereocenters. The van der Waals surface area contributed by atoms with Crippen molar-refractivity contribution >= 4 is 20.9 Å². The molecule has 0 bridgehead atoms. The van der Waals surface area contributed by atoms with Crippen LogP contribution in [-0.4, -0.2) is 40.2 Å². The zero-order valence-electron chi connectivity index (χ0n) is 17.9. The van der Waals surface area contributed by atoms with Gasteiger partial charge in [0.1, 0.15) is 17.0 Å². The van der Waals surface area contributed by atoms with Crippen LogP contribution in [0.1, 0.15) is 18.1 Å². The zero-order chi connectivity index (χ0) is 24.7. The predicted octanol–water partition coefficient (Wildman–Crippen LogP) is 3.89. The number of halogens is 3. The van der Waals surface area contributed by atoms with Gasteiger partial charge in [0.25, 0.3) is 0 Å². The quantitative estimate of drug-likeness (QED) is 0.458. The summed E-state index contributed by atoms with van der Waals surface area (Å²) in [5.74, 6) is 0.272. The van der Waals surface area contributed by atoms with E-state index in [0.717, 1.165) is 17.8 Å². The number of pyridine rings is 1. The summed E-state index contributed by atoms with van der Waals surface area (Å²) in [6.45, 7) is 2.60. The highest BCUT2D eigenvalue weighted by Gasteiger charge is 2.39. The Labute approximate surface area is 192 Å². The van der Waals surface area contributed by atoms with Crippen LogP contribution in [0.4, 0.5) is 13.2 Å². The number of aromatic nitrogens is 4. The molecule has 0 spiro atoms. The third-order valence-electron chi connectivity index (χ3n) is 5.10. The lowest BCUT2D eigenvalue weighted by atomic mass is 10.1. The number of hydrogen-bond acceptors (Lipinski definition) is 6. The lowest BCUT2D eigenvalue weighted by Crippen LogP contribution is -2.42. The molecule has 0 aliphatic carbocycles. The second-order valence-electron chi connectivity index (χ2n) is 7.50. The third-order valence-corrected chi connectivity index (χ3v) is 6.63. The van der Waals surface area contributed by atoms with Crippen LogP contribution in [-0.2, 0) is 10.0 Å². The number of nitrogens with one attached hydrogen (secondary N) is 1. The van der Waals surface area contributed by atoms with E-state index in [0.29, 0.717) is 23.5 Å². The molecule has 0 radical (unpaired) electrons. The maximum Gasteiger partial charge on any atom is 0.404 e. The predicted molar refractivity (Wildman–Crippen MR) is 117 cm³/mol. The van der Waals surface area contributed by atoms with Crippen LogP contribution < -0.4 is 4.72 Å². The fourth-order valence-corrected chi connectivity index (χ4v) is 4.59. The van der Waals surface area contributed by atoms with Gasteiger partial charge in [-0.05, 0) is 43.7 Å². The van der Waals surface area contributed by atoms with E-state index in [2.05, 4.69) is 21.0 Å². The molecule has 0 aliphatic rings. The lowest BCUT2D eigenvalue weighted by molar-refractivity contribution is -0.147. The minimum Gasteiger partial charge on any atom is -0.275 e. The Morgan fingerprint density at radius 2 is 1.82 bits per heavy atom. The number of rotatable bonds is 5. The van der Waals surface area contributed by atoms with E-state index in [1.165, 1.54) is 18.5 Å². The Bertz CT molecular complexity index is 1510. The van der Waals surface area contributed by atoms with Crippen molar-refractivity contribution in [1.29, 1.82) is 5.26 Å². The number of nitriles is 1. The van der Waals surface area contributed by atoms with E-state index in [-0.39, 0.29) is 17.2 Å². The first-order valence-electron chi connectivity index (χ1n) is 9.91. The van der Waals surface area contributed by atoms with Gasteiger partial charge >= 0.3 is 6.18 Å². The molecule has 0 saturated carbocycles. The molecule has 34 heavy (non-hydrogen) atoms. The first kappa shape index (κ1) is 23.3. The fraction of sp³-hybridized carbons (Fsp3) is 0.182. The molecule has 174 valence electrons. The Balaban J connectivity index is 1.87. The Kier molecular flexibility index (Phi) is 5.84. The van der Waals surface area contributed by atoms with E-state index in [9.17, 15) is 26.9 Å². The molecule has 0 fully saturated rings. The van der Waals surface area contributed by atoms with Gasteiger partial charge in [0.05, 0.1) is 22.5 Å². The van der Waals surface area contributed by atoms with E-state index >= 15 is 0 Å². The summed E-state index contributed by atoms with van der Waals surface area (Å²) in [4.78, 5) is 12.3. The average molecular weight is 486 g/mol. The number of hydrogen-bond donors (Lipinski definition) is 1. The minimum absolute atomic E-state index is 0.223. The summed E-state index contributed by atoms with van der Waals surface area (Å²) in [6, 6.07) is 9.48. The van der Waals surface area contributed by atoms with Gasteiger partial charge in [-0.15, -0.1) is 0 Å². The van der Waals surface area contributed by atoms with Crippen molar-refractivity contribution in [1.82, 2.24) is 24.2 Å². The van der Waals surface area contributed by atoms with E-state index in [4.69, 9.17) is 0 Å². The Hall–Kier alpha value is -3.82. The van der Waals surface area contributed by atoms with Crippen LogP contribution in [0, 0.1) is 18.3 Å². The zero-order valence-corrected chi connectivity index (χ0v) is 18.7. The van der Waals surface area contributed by atoms with Gasteiger partial charge in [0.2, 0.25) is 16.0 Å². The summed E-state index contributed by atoms with van der Waals surface area (Å²) < 4.78 is 66.5. The Morgan fingerprint density at radius 3 is 2.41 bits per heavy atom. The third kappa shape index (κ3) is 4.23. The average Bonchev–Trinajstić information content (AvgIpc) is 3.12. The molecule has 1 atom stereocenters. The first-order valence-corrected chi connectivity index (χ1v) is 11.4. The highest BCUT2D eigenvalue weighted by molar-refractivity contribution is 7.89. The summed E-state index contributed by atoms with van der Waals surface area (Å²) in [7, 11) is -4.48. The molecule has 0 aliphatic heterocycles. The minimum atomic E-state index is -4.74. The number of sulfonamides is 1. The molecule has 0 amide bonds. The van der Waals surface area contributed by atoms with Crippen LogP contribution in [0.2, 0.25) is 0 Å². The maximum atomic E-state index is 12.8. The van der Waals surface area contributed by atoms with Crippen molar-refractivity contribution in [2.75, 3.05) is 0 Å². The molecule has 12 heteroatoms. The summed E-state index contributed by atoms with van der Waals surface area (Å²) in [6.07, 6.45) is -0.718. The molecule has 1 N–H and O–H groups in total. The summed E-state index contributed by atoms with van der Waals surface area (Å²) in [5, 5.41) is 10.5. The number of fused-ring (bicyclic) bond motifs is 1. The normalized spacial score (nSPS) is 13.1. The van der Waals surface area contributed by atoms with Gasteiger partial charge in [-0.3, -0.25) is 9.55 Å². The molecule has 1 aromatic carbocycles. The van der Waals surface area contributed by atoms with Crippen molar-refractivity contribution < 1.29 is 21.6 Å². The van der Waals surface area contributed by atoms with Crippen LogP contribution in [0.15, 0.2) is 59.9 Å². The van der Waals surface area contributed by atoms with E-state index in [1.807, 2.05) is 19.1 Å². The fourth-order valence-electron chi connectivity index (χ4n) is 3.42. The van der Waals surface area contributed by atoms with Gasteiger partial charge in [-0.25, -0.2) is 18.4 Å². The molecule has 4 rings (SSSR count). The first-order chi connectivity index (χ1) is 16.0.